The predicted octanol–water partition coefficient (Wildman–Crippen LogP) is 2.05. The number of methoxy groups -OCH3 is 1. The number of nitrogens with one attached hydrogen (secondary N) is 1. The lowest BCUT2D eigenvalue weighted by Crippen LogP contribution is -2.39. The lowest BCUT2D eigenvalue weighted by Gasteiger charge is -2.29. The molecule has 0 aromatic rings. The summed E-state index contributed by atoms with van der Waals surface area (Å²) in [6, 6.07) is 0.737. The summed E-state index contributed by atoms with van der Waals surface area (Å²) in [5.74, 6) is 1.56. The number of hydrogen-bond acceptors (Lipinski definition) is 2. The van der Waals surface area contributed by atoms with Gasteiger partial charge in [-0.1, -0.05) is 13.8 Å². The van der Waals surface area contributed by atoms with Gasteiger partial charge < -0.3 is 10.1 Å². The van der Waals surface area contributed by atoms with Crippen LogP contribution in [0.4, 0.5) is 0 Å². The molecule has 0 bridgehead atoms. The molecule has 1 saturated heterocycles. The molecule has 1 aliphatic rings. The molecule has 78 valence electrons. The van der Waals surface area contributed by atoms with Crippen molar-refractivity contribution >= 4 is 0 Å². The van der Waals surface area contributed by atoms with Gasteiger partial charge >= 0.3 is 0 Å². The first-order valence-corrected chi connectivity index (χ1v) is 5.44. The summed E-state index contributed by atoms with van der Waals surface area (Å²) in [4.78, 5) is 0. The average molecular weight is 185 g/mol. The Balaban J connectivity index is 2.14. The Labute approximate surface area is 82.0 Å². The molecule has 0 amide bonds. The highest BCUT2D eigenvalue weighted by molar-refractivity contribution is 4.77. The van der Waals surface area contributed by atoms with Crippen molar-refractivity contribution in [3.05, 3.63) is 0 Å². The highest BCUT2D eigenvalue weighted by Gasteiger charge is 2.18. The molecule has 1 fully saturated rings. The first-order chi connectivity index (χ1) is 6.22. The van der Waals surface area contributed by atoms with E-state index in [4.69, 9.17) is 4.74 Å². The third kappa shape index (κ3) is 4.10. The fourth-order valence-electron chi connectivity index (χ4n) is 2.10. The van der Waals surface area contributed by atoms with Crippen LogP contribution in [0.25, 0.3) is 0 Å². The Morgan fingerprint density at radius 2 is 2.23 bits per heavy atom. The van der Waals surface area contributed by atoms with E-state index in [9.17, 15) is 0 Å². The quantitative estimate of drug-likeness (QED) is 0.723. The van der Waals surface area contributed by atoms with Crippen molar-refractivity contribution in [2.45, 2.75) is 39.2 Å². The molecule has 1 aliphatic heterocycles. The van der Waals surface area contributed by atoms with Gasteiger partial charge in [0.15, 0.2) is 0 Å². The van der Waals surface area contributed by atoms with E-state index >= 15 is 0 Å². The van der Waals surface area contributed by atoms with Gasteiger partial charge in [0.1, 0.15) is 0 Å². The van der Waals surface area contributed by atoms with Gasteiger partial charge in [-0.05, 0) is 37.6 Å². The molecule has 0 saturated carbocycles. The van der Waals surface area contributed by atoms with Crippen molar-refractivity contribution in [2.75, 3.05) is 20.3 Å². The van der Waals surface area contributed by atoms with Gasteiger partial charge in [0.25, 0.3) is 0 Å². The van der Waals surface area contributed by atoms with E-state index < -0.39 is 0 Å². The molecule has 0 aromatic carbocycles. The molecule has 1 rings (SSSR count). The van der Waals surface area contributed by atoms with Gasteiger partial charge in [-0.15, -0.1) is 0 Å². The molecule has 3 atom stereocenters. The van der Waals surface area contributed by atoms with Crippen molar-refractivity contribution in [1.29, 1.82) is 0 Å². The summed E-state index contributed by atoms with van der Waals surface area (Å²) >= 11 is 0. The van der Waals surface area contributed by atoms with Crippen LogP contribution in [-0.4, -0.2) is 26.3 Å². The van der Waals surface area contributed by atoms with Gasteiger partial charge in [0, 0.05) is 19.8 Å². The number of rotatable bonds is 4. The maximum absolute atomic E-state index is 5.14. The molecular formula is C11H23NO. The Bertz CT molecular complexity index is 130. The van der Waals surface area contributed by atoms with Crippen molar-refractivity contribution in [3.63, 3.8) is 0 Å². The molecule has 1 heterocycles. The van der Waals surface area contributed by atoms with Crippen LogP contribution in [0, 0.1) is 11.8 Å². The molecule has 0 aliphatic carbocycles. The third-order valence-electron chi connectivity index (χ3n) is 2.90. The van der Waals surface area contributed by atoms with E-state index in [2.05, 4.69) is 19.2 Å². The van der Waals surface area contributed by atoms with Crippen LogP contribution in [-0.2, 0) is 4.74 Å². The zero-order valence-corrected chi connectivity index (χ0v) is 9.18. The minimum absolute atomic E-state index is 0.691. The van der Waals surface area contributed by atoms with Crippen LogP contribution in [0.3, 0.4) is 0 Å². The molecule has 0 radical (unpaired) electrons. The minimum Gasteiger partial charge on any atom is -0.384 e. The van der Waals surface area contributed by atoms with Crippen LogP contribution >= 0.6 is 0 Å². The topological polar surface area (TPSA) is 21.3 Å². The number of hydrogen-bond donors (Lipinski definition) is 1. The first-order valence-electron chi connectivity index (χ1n) is 5.44. The summed E-state index contributed by atoms with van der Waals surface area (Å²) < 4.78 is 5.14. The van der Waals surface area contributed by atoms with E-state index in [1.807, 2.05) is 0 Å². The maximum atomic E-state index is 5.14. The van der Waals surface area contributed by atoms with E-state index in [-0.39, 0.29) is 0 Å². The Hall–Kier alpha value is -0.0800. The van der Waals surface area contributed by atoms with Crippen molar-refractivity contribution < 1.29 is 4.74 Å². The van der Waals surface area contributed by atoms with Gasteiger partial charge in [0.05, 0.1) is 0 Å². The van der Waals surface area contributed by atoms with Crippen LogP contribution in [0.2, 0.25) is 0 Å². The SMILES string of the molecule is COCC(C)CC1CCC(C)CN1. The zero-order chi connectivity index (χ0) is 9.68. The van der Waals surface area contributed by atoms with Crippen molar-refractivity contribution in [2.24, 2.45) is 11.8 Å². The van der Waals surface area contributed by atoms with Gasteiger partial charge in [0.2, 0.25) is 0 Å². The maximum Gasteiger partial charge on any atom is 0.0488 e. The van der Waals surface area contributed by atoms with Crippen LogP contribution in [0.15, 0.2) is 0 Å². The van der Waals surface area contributed by atoms with Gasteiger partial charge in [-0.3, -0.25) is 0 Å². The number of ether oxygens (including phenoxy) is 1. The van der Waals surface area contributed by atoms with Crippen LogP contribution in [0.1, 0.15) is 33.1 Å². The standard InChI is InChI=1S/C11H23NO/c1-9-4-5-11(12-7-9)6-10(2)8-13-3/h9-12H,4-8H2,1-3H3. The van der Waals surface area contributed by atoms with E-state index in [1.165, 1.54) is 25.8 Å². The third-order valence-corrected chi connectivity index (χ3v) is 2.90. The summed E-state index contributed by atoms with van der Waals surface area (Å²) in [7, 11) is 1.78. The highest BCUT2D eigenvalue weighted by atomic mass is 16.5. The predicted molar refractivity (Wildman–Crippen MR) is 55.8 cm³/mol. The Kier molecular flexibility index (Phi) is 4.74. The number of piperidine rings is 1. The Morgan fingerprint density at radius 1 is 1.46 bits per heavy atom. The second kappa shape index (κ2) is 5.61. The smallest absolute Gasteiger partial charge is 0.0488 e. The molecule has 13 heavy (non-hydrogen) atoms. The fraction of sp³-hybridized carbons (Fsp3) is 1.00. The summed E-state index contributed by atoms with van der Waals surface area (Å²) in [6.45, 7) is 6.68. The average Bonchev–Trinajstić information content (AvgIpc) is 2.09. The summed E-state index contributed by atoms with van der Waals surface area (Å²) in [6.07, 6.45) is 3.99. The van der Waals surface area contributed by atoms with Gasteiger partial charge in [-0.2, -0.15) is 0 Å². The van der Waals surface area contributed by atoms with E-state index in [1.54, 1.807) is 7.11 Å². The van der Waals surface area contributed by atoms with Gasteiger partial charge in [-0.25, -0.2) is 0 Å². The Morgan fingerprint density at radius 3 is 2.77 bits per heavy atom. The zero-order valence-electron chi connectivity index (χ0n) is 9.18. The fourth-order valence-corrected chi connectivity index (χ4v) is 2.10. The molecule has 2 heteroatoms. The minimum atomic E-state index is 0.691. The summed E-state index contributed by atoms with van der Waals surface area (Å²) in [5.41, 5.74) is 0. The normalized spacial score (nSPS) is 31.6. The lowest BCUT2D eigenvalue weighted by atomic mass is 9.91. The van der Waals surface area contributed by atoms with Crippen LogP contribution in [0.5, 0.6) is 0 Å². The van der Waals surface area contributed by atoms with E-state index in [0.717, 1.165) is 18.6 Å². The van der Waals surface area contributed by atoms with Crippen LogP contribution < -0.4 is 5.32 Å². The van der Waals surface area contributed by atoms with Crippen molar-refractivity contribution in [1.82, 2.24) is 5.32 Å². The molecule has 2 nitrogen and oxygen atoms in total. The molecular weight excluding hydrogens is 162 g/mol. The second-order valence-electron chi connectivity index (χ2n) is 4.58. The molecule has 1 N–H and O–H groups in total. The highest BCUT2D eigenvalue weighted by Crippen LogP contribution is 2.18. The largest absolute Gasteiger partial charge is 0.384 e. The molecule has 0 aromatic heterocycles. The second-order valence-corrected chi connectivity index (χ2v) is 4.58. The van der Waals surface area contributed by atoms with E-state index in [0.29, 0.717) is 5.92 Å². The first kappa shape index (κ1) is 11.0. The molecule has 0 spiro atoms. The monoisotopic (exact) mass is 185 g/mol. The molecule has 3 unspecified atom stereocenters. The van der Waals surface area contributed by atoms with Crippen molar-refractivity contribution in [3.8, 4) is 0 Å². The lowest BCUT2D eigenvalue weighted by molar-refractivity contribution is 0.144. The summed E-state index contributed by atoms with van der Waals surface area (Å²) in [5, 5.41) is 3.60.